The minimum Gasteiger partial charge on any atom is -0.454 e. The van der Waals surface area contributed by atoms with Crippen molar-refractivity contribution in [2.75, 3.05) is 0 Å². The SMILES string of the molecule is CC(=O)O[C@H]1C=CC(=O)O[C@H]1[C@@H](O)[C@H](F)c1ccccc1[N+](=O)[O-]. The molecule has 0 aliphatic carbocycles. The predicted octanol–water partition coefficient (Wildman–Crippen LogP) is 1.38. The fourth-order valence-electron chi connectivity index (χ4n) is 2.32. The monoisotopic (exact) mass is 339 g/mol. The van der Waals surface area contributed by atoms with Crippen LogP contribution in [0.15, 0.2) is 36.4 Å². The maximum Gasteiger partial charge on any atom is 0.331 e. The Labute approximate surface area is 135 Å². The second-order valence-electron chi connectivity index (χ2n) is 5.04. The Bertz CT molecular complexity index is 690. The summed E-state index contributed by atoms with van der Waals surface area (Å²) < 4.78 is 24.4. The summed E-state index contributed by atoms with van der Waals surface area (Å²) in [6, 6.07) is 4.96. The summed E-state index contributed by atoms with van der Waals surface area (Å²) in [5.74, 6) is -1.57. The van der Waals surface area contributed by atoms with Gasteiger partial charge in [0.1, 0.15) is 6.10 Å². The van der Waals surface area contributed by atoms with Crippen LogP contribution in [-0.4, -0.2) is 40.3 Å². The molecule has 4 atom stereocenters. The lowest BCUT2D eigenvalue weighted by Gasteiger charge is -2.31. The van der Waals surface area contributed by atoms with Crippen molar-refractivity contribution in [3.05, 3.63) is 52.1 Å². The predicted molar refractivity (Wildman–Crippen MR) is 77.5 cm³/mol. The van der Waals surface area contributed by atoms with Crippen LogP contribution in [0.4, 0.5) is 10.1 Å². The number of aliphatic hydroxyl groups excluding tert-OH is 1. The molecule has 0 aromatic heterocycles. The summed E-state index contributed by atoms with van der Waals surface area (Å²) >= 11 is 0. The van der Waals surface area contributed by atoms with Crippen molar-refractivity contribution in [3.63, 3.8) is 0 Å². The number of para-hydroxylation sites is 1. The molecule has 1 aromatic rings. The summed E-state index contributed by atoms with van der Waals surface area (Å²) in [6.45, 7) is 1.10. The van der Waals surface area contributed by atoms with Crippen LogP contribution in [0.5, 0.6) is 0 Å². The molecule has 0 unspecified atom stereocenters. The maximum absolute atomic E-state index is 14.7. The highest BCUT2D eigenvalue weighted by atomic mass is 19.1. The largest absolute Gasteiger partial charge is 0.454 e. The summed E-state index contributed by atoms with van der Waals surface area (Å²) in [7, 11) is 0. The van der Waals surface area contributed by atoms with E-state index in [4.69, 9.17) is 9.47 Å². The van der Waals surface area contributed by atoms with Crippen LogP contribution in [0.25, 0.3) is 0 Å². The zero-order chi connectivity index (χ0) is 17.9. The summed E-state index contributed by atoms with van der Waals surface area (Å²) in [6.07, 6.45) is -4.78. The minimum absolute atomic E-state index is 0.373. The van der Waals surface area contributed by atoms with Gasteiger partial charge in [0.2, 0.25) is 0 Å². The van der Waals surface area contributed by atoms with Gasteiger partial charge in [0.15, 0.2) is 18.4 Å². The number of benzene rings is 1. The molecule has 1 aliphatic heterocycles. The lowest BCUT2D eigenvalue weighted by molar-refractivity contribution is -0.386. The van der Waals surface area contributed by atoms with Gasteiger partial charge in [-0.2, -0.15) is 0 Å². The second-order valence-corrected chi connectivity index (χ2v) is 5.04. The fraction of sp³-hybridized carbons (Fsp3) is 0.333. The number of cyclic esters (lactones) is 1. The summed E-state index contributed by atoms with van der Waals surface area (Å²) in [4.78, 5) is 32.6. The molecule has 0 radical (unpaired) electrons. The molecule has 0 amide bonds. The van der Waals surface area contributed by atoms with Crippen LogP contribution in [0.2, 0.25) is 0 Å². The van der Waals surface area contributed by atoms with Gasteiger partial charge in [0, 0.05) is 19.1 Å². The van der Waals surface area contributed by atoms with Crippen molar-refractivity contribution in [1.82, 2.24) is 0 Å². The van der Waals surface area contributed by atoms with Crippen molar-refractivity contribution in [2.45, 2.75) is 31.4 Å². The number of aliphatic hydroxyl groups is 1. The number of carbonyl (C=O) groups excluding carboxylic acids is 2. The second kappa shape index (κ2) is 7.18. The number of nitro groups is 1. The Kier molecular flexibility index (Phi) is 5.24. The third-order valence-electron chi connectivity index (χ3n) is 3.37. The number of ether oxygens (including phenoxy) is 2. The Morgan fingerprint density at radius 1 is 1.46 bits per heavy atom. The molecule has 9 heteroatoms. The first-order valence-electron chi connectivity index (χ1n) is 6.92. The molecule has 1 aromatic carbocycles. The first kappa shape index (κ1) is 17.5. The van der Waals surface area contributed by atoms with Crippen LogP contribution in [0.3, 0.4) is 0 Å². The van der Waals surface area contributed by atoms with Gasteiger partial charge in [-0.15, -0.1) is 0 Å². The van der Waals surface area contributed by atoms with Crippen molar-refractivity contribution in [2.24, 2.45) is 0 Å². The third kappa shape index (κ3) is 3.74. The van der Waals surface area contributed by atoms with E-state index in [0.717, 1.165) is 31.2 Å². The average molecular weight is 339 g/mol. The summed E-state index contributed by atoms with van der Waals surface area (Å²) in [5.41, 5.74) is -0.895. The van der Waals surface area contributed by atoms with Crippen molar-refractivity contribution in [1.29, 1.82) is 0 Å². The van der Waals surface area contributed by atoms with Gasteiger partial charge in [-0.25, -0.2) is 9.18 Å². The van der Waals surface area contributed by atoms with Crippen molar-refractivity contribution in [3.8, 4) is 0 Å². The van der Waals surface area contributed by atoms with Crippen LogP contribution in [0.1, 0.15) is 18.7 Å². The maximum atomic E-state index is 14.7. The standard InChI is InChI=1S/C15H14FNO7/c1-8(18)23-11-6-7-12(19)24-15(11)14(20)13(16)9-4-2-3-5-10(9)17(21)22/h2-7,11,13-15,20H,1H3/t11-,13+,14-,15+/m0/s1. The van der Waals surface area contributed by atoms with Gasteiger partial charge in [0.05, 0.1) is 10.5 Å². The van der Waals surface area contributed by atoms with Crippen LogP contribution < -0.4 is 0 Å². The van der Waals surface area contributed by atoms with Crippen LogP contribution in [0, 0.1) is 10.1 Å². The number of nitro benzene ring substituents is 1. The number of halogens is 1. The van der Waals surface area contributed by atoms with Crippen LogP contribution in [-0.2, 0) is 19.1 Å². The molecular formula is C15H14FNO7. The Morgan fingerprint density at radius 3 is 2.75 bits per heavy atom. The molecule has 128 valence electrons. The van der Waals surface area contributed by atoms with E-state index in [-0.39, 0.29) is 5.56 Å². The molecule has 0 saturated carbocycles. The molecule has 0 spiro atoms. The van der Waals surface area contributed by atoms with Gasteiger partial charge in [0.25, 0.3) is 5.69 Å². The number of carbonyl (C=O) groups is 2. The Hall–Kier alpha value is -2.81. The van der Waals surface area contributed by atoms with Crippen LogP contribution >= 0.6 is 0 Å². The van der Waals surface area contributed by atoms with E-state index in [1.807, 2.05) is 0 Å². The van der Waals surface area contributed by atoms with E-state index in [0.29, 0.717) is 0 Å². The molecule has 0 saturated heterocycles. The molecule has 0 fully saturated rings. The van der Waals surface area contributed by atoms with Gasteiger partial charge >= 0.3 is 11.9 Å². The zero-order valence-electron chi connectivity index (χ0n) is 12.5. The van der Waals surface area contributed by atoms with E-state index in [1.165, 1.54) is 12.1 Å². The Balaban J connectivity index is 2.30. The molecular weight excluding hydrogens is 325 g/mol. The van der Waals surface area contributed by atoms with E-state index in [9.17, 15) is 29.2 Å². The lowest BCUT2D eigenvalue weighted by Crippen LogP contribution is -2.46. The highest BCUT2D eigenvalue weighted by molar-refractivity contribution is 5.83. The van der Waals surface area contributed by atoms with Gasteiger partial charge in [-0.05, 0) is 12.1 Å². The first-order chi connectivity index (χ1) is 11.3. The fourth-order valence-corrected chi connectivity index (χ4v) is 2.32. The summed E-state index contributed by atoms with van der Waals surface area (Å²) in [5, 5.41) is 21.2. The molecule has 1 aliphatic rings. The first-order valence-corrected chi connectivity index (χ1v) is 6.92. The van der Waals surface area contributed by atoms with E-state index in [1.54, 1.807) is 0 Å². The third-order valence-corrected chi connectivity index (χ3v) is 3.37. The molecule has 1 heterocycles. The number of esters is 2. The Morgan fingerprint density at radius 2 is 2.12 bits per heavy atom. The lowest BCUT2D eigenvalue weighted by atomic mass is 9.96. The average Bonchev–Trinajstić information content (AvgIpc) is 2.54. The number of hydrogen-bond acceptors (Lipinski definition) is 7. The molecule has 8 nitrogen and oxygen atoms in total. The zero-order valence-corrected chi connectivity index (χ0v) is 12.5. The highest BCUT2D eigenvalue weighted by Gasteiger charge is 2.41. The smallest absolute Gasteiger partial charge is 0.331 e. The number of rotatable bonds is 5. The number of nitrogens with zero attached hydrogens (tertiary/aromatic N) is 1. The number of alkyl halides is 1. The normalized spacial score (nSPS) is 22.4. The highest BCUT2D eigenvalue weighted by Crippen LogP contribution is 2.33. The van der Waals surface area contributed by atoms with Gasteiger partial charge < -0.3 is 14.6 Å². The van der Waals surface area contributed by atoms with Crippen molar-refractivity contribution >= 4 is 17.6 Å². The van der Waals surface area contributed by atoms with Gasteiger partial charge in [-0.3, -0.25) is 14.9 Å². The van der Waals surface area contributed by atoms with Crippen molar-refractivity contribution < 1.29 is 33.5 Å². The number of hydrogen-bond donors (Lipinski definition) is 1. The molecule has 24 heavy (non-hydrogen) atoms. The topological polar surface area (TPSA) is 116 Å². The minimum atomic E-state index is -2.23. The molecule has 2 rings (SSSR count). The quantitative estimate of drug-likeness (QED) is 0.489. The van der Waals surface area contributed by atoms with Gasteiger partial charge in [-0.1, -0.05) is 12.1 Å². The van der Waals surface area contributed by atoms with E-state index < -0.39 is 47.0 Å². The molecule has 0 bridgehead atoms. The molecule has 1 N–H and O–H groups in total. The van der Waals surface area contributed by atoms with E-state index in [2.05, 4.69) is 0 Å². The van der Waals surface area contributed by atoms with E-state index >= 15 is 0 Å².